The second-order valence-electron chi connectivity index (χ2n) is 14.5. The molecule has 224 valence electrons. The summed E-state index contributed by atoms with van der Waals surface area (Å²) in [6.45, 7) is 12.3. The summed E-state index contributed by atoms with van der Waals surface area (Å²) in [5, 5.41) is 18.0. The number of piperidine rings is 1. The van der Waals surface area contributed by atoms with Gasteiger partial charge in [-0.05, 0) is 57.8 Å². The van der Waals surface area contributed by atoms with Crippen LogP contribution in [0, 0.1) is 29.1 Å². The maximum absolute atomic E-state index is 13.5. The molecule has 0 unspecified atom stereocenters. The van der Waals surface area contributed by atoms with Crippen LogP contribution in [0.3, 0.4) is 0 Å². The van der Waals surface area contributed by atoms with E-state index in [0.29, 0.717) is 30.7 Å². The van der Waals surface area contributed by atoms with E-state index in [0.717, 1.165) is 25.8 Å². The molecule has 3 amide bonds. The lowest BCUT2D eigenvalue weighted by Gasteiger charge is -2.47. The Morgan fingerprint density at radius 3 is 2.13 bits per heavy atom. The molecule has 2 saturated carbocycles. The average Bonchev–Trinajstić information content (AvgIpc) is 2.86. The highest BCUT2D eigenvalue weighted by Gasteiger charge is 2.43. The Labute approximate surface area is 236 Å². The highest BCUT2D eigenvalue weighted by molar-refractivity contribution is 5.89. The summed E-state index contributed by atoms with van der Waals surface area (Å²) in [5.74, 6) is 0.180. The molecule has 6 atom stereocenters. The largest absolute Gasteiger partial charge is 0.390 e. The van der Waals surface area contributed by atoms with Crippen molar-refractivity contribution >= 4 is 17.7 Å². The lowest BCUT2D eigenvalue weighted by Crippen LogP contribution is -2.60. The first-order valence-corrected chi connectivity index (χ1v) is 15.5. The monoisotopic (exact) mass is 548 g/mol. The minimum absolute atomic E-state index is 0.0309. The van der Waals surface area contributed by atoms with Crippen LogP contribution in [-0.2, 0) is 14.4 Å². The third kappa shape index (κ3) is 8.66. The Hall–Kier alpha value is -1.67. The zero-order chi connectivity index (χ0) is 29.0. The van der Waals surface area contributed by atoms with Crippen molar-refractivity contribution in [3.8, 4) is 0 Å². The van der Waals surface area contributed by atoms with E-state index in [1.165, 1.54) is 44.9 Å². The topological polar surface area (TPSA) is 125 Å². The molecule has 8 heteroatoms. The molecule has 0 radical (unpaired) electrons. The summed E-state index contributed by atoms with van der Waals surface area (Å²) in [4.78, 5) is 41.0. The van der Waals surface area contributed by atoms with Crippen molar-refractivity contribution in [1.82, 2.24) is 15.5 Å². The van der Waals surface area contributed by atoms with Crippen molar-refractivity contribution in [2.45, 2.75) is 136 Å². The third-order valence-electron chi connectivity index (χ3n) is 9.94. The van der Waals surface area contributed by atoms with Gasteiger partial charge in [-0.1, -0.05) is 72.1 Å². The smallest absolute Gasteiger partial charge is 0.237 e. The van der Waals surface area contributed by atoms with Crippen molar-refractivity contribution in [2.75, 3.05) is 13.1 Å². The zero-order valence-corrected chi connectivity index (χ0v) is 25.4. The number of carbonyl (C=O) groups is 3. The fraction of sp³-hybridized carbons (Fsp3) is 0.903. The van der Waals surface area contributed by atoms with Crippen molar-refractivity contribution in [2.24, 2.45) is 34.8 Å². The summed E-state index contributed by atoms with van der Waals surface area (Å²) in [6, 6.07) is -0.723. The Morgan fingerprint density at radius 1 is 0.949 bits per heavy atom. The van der Waals surface area contributed by atoms with Gasteiger partial charge in [0.2, 0.25) is 17.7 Å². The number of rotatable bonds is 10. The van der Waals surface area contributed by atoms with Crippen LogP contribution in [0.25, 0.3) is 0 Å². The van der Waals surface area contributed by atoms with E-state index in [1.54, 1.807) is 20.8 Å². The van der Waals surface area contributed by atoms with Crippen LogP contribution in [-0.4, -0.2) is 64.5 Å². The molecule has 1 saturated heterocycles. The highest BCUT2D eigenvalue weighted by atomic mass is 16.3. The lowest BCUT2D eigenvalue weighted by molar-refractivity contribution is -0.139. The van der Waals surface area contributed by atoms with E-state index in [1.807, 2.05) is 20.8 Å². The van der Waals surface area contributed by atoms with E-state index in [9.17, 15) is 19.5 Å². The molecule has 0 bridgehead atoms. The fourth-order valence-electron chi connectivity index (χ4n) is 6.94. The molecule has 2 aliphatic carbocycles. The fourth-order valence-corrected chi connectivity index (χ4v) is 6.94. The van der Waals surface area contributed by atoms with Gasteiger partial charge in [-0.3, -0.25) is 19.3 Å². The summed E-state index contributed by atoms with van der Waals surface area (Å²) in [5.41, 5.74) is 4.28. The quantitative estimate of drug-likeness (QED) is 0.331. The number of hydrogen-bond acceptors (Lipinski definition) is 5. The van der Waals surface area contributed by atoms with E-state index in [4.69, 9.17) is 5.73 Å². The molecule has 3 fully saturated rings. The van der Waals surface area contributed by atoms with Gasteiger partial charge in [0.25, 0.3) is 0 Å². The van der Waals surface area contributed by atoms with Crippen LogP contribution < -0.4 is 16.4 Å². The van der Waals surface area contributed by atoms with E-state index < -0.39 is 29.4 Å². The standard InChI is InChI=1S/C31H56N4O4/c1-20(31(5,6)29(32)39)27(37)33-24(16-21-12-8-7-9-13-21)26(36)19-35-18-23-15-11-10-14-22(23)17-25(35)28(38)34-30(2,3)4/h20-26,36H,7-19H2,1-6H3,(H2,32,39)(H,33,37)(H,34,38)/t20-,22+,23-,24+,25+,26-/m1/s1. The number of nitrogens with two attached hydrogens (primary N) is 1. The van der Waals surface area contributed by atoms with Crippen LogP contribution in [0.15, 0.2) is 0 Å². The van der Waals surface area contributed by atoms with Crippen LogP contribution in [0.4, 0.5) is 0 Å². The molecule has 1 heterocycles. The van der Waals surface area contributed by atoms with Gasteiger partial charge in [0.15, 0.2) is 0 Å². The van der Waals surface area contributed by atoms with E-state index >= 15 is 0 Å². The molecule has 39 heavy (non-hydrogen) atoms. The minimum Gasteiger partial charge on any atom is -0.390 e. The number of likely N-dealkylation sites (tertiary alicyclic amines) is 1. The van der Waals surface area contributed by atoms with Crippen LogP contribution >= 0.6 is 0 Å². The number of primary amides is 1. The molecule has 0 aromatic rings. The molecular weight excluding hydrogens is 492 g/mol. The summed E-state index contributed by atoms with van der Waals surface area (Å²) in [6.07, 6.45) is 11.3. The van der Waals surface area contributed by atoms with Crippen LogP contribution in [0.5, 0.6) is 0 Å². The zero-order valence-electron chi connectivity index (χ0n) is 25.4. The SMILES string of the molecule is C[C@H](C(=O)N[C@@H](CC1CCCCC1)[C@H](O)CN1C[C@H]2CCCC[C@H]2C[C@H]1C(=O)NC(C)(C)C)C(C)(C)C(N)=O. The highest BCUT2D eigenvalue weighted by Crippen LogP contribution is 2.39. The Kier molecular flexibility index (Phi) is 10.9. The number of β-amino-alcohol motifs (C(OH)–C–C–N with tert-alkyl or cyclic N) is 1. The molecule has 3 aliphatic rings. The first-order chi connectivity index (χ1) is 18.2. The number of hydrogen-bond donors (Lipinski definition) is 4. The van der Waals surface area contributed by atoms with E-state index in [-0.39, 0.29) is 23.4 Å². The summed E-state index contributed by atoms with van der Waals surface area (Å²) in [7, 11) is 0. The Balaban J connectivity index is 1.79. The number of aliphatic hydroxyl groups excluding tert-OH is 1. The van der Waals surface area contributed by atoms with Gasteiger partial charge in [0.1, 0.15) is 0 Å². The van der Waals surface area contributed by atoms with Gasteiger partial charge < -0.3 is 21.5 Å². The Bertz CT molecular complexity index is 848. The predicted octanol–water partition coefficient (Wildman–Crippen LogP) is 3.75. The molecule has 0 spiro atoms. The van der Waals surface area contributed by atoms with Gasteiger partial charge in [-0.2, -0.15) is 0 Å². The summed E-state index contributed by atoms with van der Waals surface area (Å²) >= 11 is 0. The van der Waals surface area contributed by atoms with E-state index in [2.05, 4.69) is 15.5 Å². The number of nitrogens with one attached hydrogen (secondary N) is 2. The lowest BCUT2D eigenvalue weighted by atomic mass is 9.72. The minimum atomic E-state index is -0.997. The van der Waals surface area contributed by atoms with Crippen molar-refractivity contribution in [1.29, 1.82) is 0 Å². The first-order valence-electron chi connectivity index (χ1n) is 15.5. The van der Waals surface area contributed by atoms with Crippen molar-refractivity contribution in [3.05, 3.63) is 0 Å². The van der Waals surface area contributed by atoms with Crippen LogP contribution in [0.1, 0.15) is 112 Å². The van der Waals surface area contributed by atoms with Crippen molar-refractivity contribution in [3.63, 3.8) is 0 Å². The van der Waals surface area contributed by atoms with Gasteiger partial charge >= 0.3 is 0 Å². The maximum Gasteiger partial charge on any atom is 0.237 e. The molecule has 8 nitrogen and oxygen atoms in total. The summed E-state index contributed by atoms with van der Waals surface area (Å²) < 4.78 is 0. The number of carbonyl (C=O) groups excluding carboxylic acids is 3. The number of aliphatic hydroxyl groups is 1. The van der Waals surface area contributed by atoms with Crippen molar-refractivity contribution < 1.29 is 19.5 Å². The molecule has 0 aromatic heterocycles. The van der Waals surface area contributed by atoms with Crippen LogP contribution in [0.2, 0.25) is 0 Å². The average molecular weight is 549 g/mol. The number of amides is 3. The molecule has 1 aliphatic heterocycles. The molecule has 5 N–H and O–H groups in total. The molecular formula is C31H56N4O4. The predicted molar refractivity (Wildman–Crippen MR) is 155 cm³/mol. The first kappa shape index (κ1) is 31.9. The normalized spacial score (nSPS) is 27.6. The van der Waals surface area contributed by atoms with Gasteiger partial charge in [-0.25, -0.2) is 0 Å². The third-order valence-corrected chi connectivity index (χ3v) is 9.94. The van der Waals surface area contributed by atoms with Gasteiger partial charge in [0.05, 0.1) is 23.6 Å². The number of nitrogens with zero attached hydrogens (tertiary/aromatic N) is 1. The molecule has 0 aromatic carbocycles. The maximum atomic E-state index is 13.5. The Morgan fingerprint density at radius 2 is 1.54 bits per heavy atom. The van der Waals surface area contributed by atoms with Gasteiger partial charge in [-0.15, -0.1) is 0 Å². The second kappa shape index (κ2) is 13.3. The molecule has 3 rings (SSSR count). The van der Waals surface area contributed by atoms with Gasteiger partial charge in [0, 0.05) is 24.5 Å². The second-order valence-corrected chi connectivity index (χ2v) is 14.5. The number of fused-ring (bicyclic) bond motifs is 1.